The third-order valence-corrected chi connectivity index (χ3v) is 3.97. The van der Waals surface area contributed by atoms with E-state index in [4.69, 9.17) is 0 Å². The fourth-order valence-electron chi connectivity index (χ4n) is 2.72. The molecule has 104 valence electrons. The molecule has 3 nitrogen and oxygen atoms in total. The molecular formula is C17H21N3. The average Bonchev–Trinajstić information content (AvgIpc) is 2.56. The van der Waals surface area contributed by atoms with Gasteiger partial charge in [0.15, 0.2) is 0 Å². The van der Waals surface area contributed by atoms with Crippen LogP contribution in [-0.4, -0.2) is 18.6 Å². The van der Waals surface area contributed by atoms with Gasteiger partial charge in [0.2, 0.25) is 0 Å². The lowest BCUT2D eigenvalue weighted by Crippen LogP contribution is -2.26. The van der Waals surface area contributed by atoms with Gasteiger partial charge in [-0.3, -0.25) is 0 Å². The molecule has 2 aromatic rings. The number of anilines is 2. The summed E-state index contributed by atoms with van der Waals surface area (Å²) in [6, 6.07) is 15.1. The van der Waals surface area contributed by atoms with Gasteiger partial charge in [-0.25, -0.2) is 4.98 Å². The Labute approximate surface area is 120 Å². The lowest BCUT2D eigenvalue weighted by Gasteiger charge is -2.24. The molecule has 1 aliphatic rings. The normalized spacial score (nSPS) is 18.8. The highest BCUT2D eigenvalue weighted by molar-refractivity contribution is 5.58. The summed E-state index contributed by atoms with van der Waals surface area (Å²) in [5.41, 5.74) is 2.46. The number of nitrogens with one attached hydrogen (secondary N) is 1. The van der Waals surface area contributed by atoms with Gasteiger partial charge in [0.25, 0.3) is 0 Å². The number of para-hydroxylation sites is 1. The standard InChI is InChI=1S/C17H21N3/c1-20(15-7-3-2-4-8-15)17-11-10-14(13-19-17)16-9-5-6-12-18-16/h2-4,7-8,10-11,13,16,18H,5-6,9,12H2,1H3/t16-/m1/s1. The second-order valence-electron chi connectivity index (χ2n) is 5.35. The first-order valence-corrected chi connectivity index (χ1v) is 7.33. The highest BCUT2D eigenvalue weighted by atomic mass is 15.2. The molecule has 0 aliphatic carbocycles. The zero-order valence-corrected chi connectivity index (χ0v) is 11.9. The van der Waals surface area contributed by atoms with Crippen LogP contribution in [0.5, 0.6) is 0 Å². The molecule has 1 atom stereocenters. The van der Waals surface area contributed by atoms with Gasteiger partial charge in [-0.2, -0.15) is 0 Å². The first-order valence-electron chi connectivity index (χ1n) is 7.33. The van der Waals surface area contributed by atoms with Crippen LogP contribution >= 0.6 is 0 Å². The van der Waals surface area contributed by atoms with Gasteiger partial charge in [0, 0.05) is 25.0 Å². The highest BCUT2D eigenvalue weighted by Crippen LogP contribution is 2.25. The Bertz CT molecular complexity index is 530. The first kappa shape index (κ1) is 13.1. The minimum atomic E-state index is 0.479. The molecule has 0 saturated carbocycles. The van der Waals surface area contributed by atoms with Crippen LogP contribution in [0.3, 0.4) is 0 Å². The molecule has 3 heteroatoms. The smallest absolute Gasteiger partial charge is 0.132 e. The average molecular weight is 267 g/mol. The Morgan fingerprint density at radius 3 is 2.60 bits per heavy atom. The lowest BCUT2D eigenvalue weighted by atomic mass is 9.99. The van der Waals surface area contributed by atoms with E-state index in [1.54, 1.807) is 0 Å². The molecule has 2 heterocycles. The van der Waals surface area contributed by atoms with Gasteiger partial charge in [0.05, 0.1) is 0 Å². The van der Waals surface area contributed by atoms with Crippen molar-refractivity contribution < 1.29 is 0 Å². The van der Waals surface area contributed by atoms with E-state index >= 15 is 0 Å². The predicted octanol–water partition coefficient (Wildman–Crippen LogP) is 3.66. The van der Waals surface area contributed by atoms with Crippen LogP contribution in [0.2, 0.25) is 0 Å². The van der Waals surface area contributed by atoms with Gasteiger partial charge in [0.1, 0.15) is 5.82 Å². The third kappa shape index (κ3) is 2.83. The Hall–Kier alpha value is -1.87. The van der Waals surface area contributed by atoms with Crippen LogP contribution in [-0.2, 0) is 0 Å². The zero-order valence-electron chi connectivity index (χ0n) is 11.9. The van der Waals surface area contributed by atoms with Crippen LogP contribution in [0.25, 0.3) is 0 Å². The number of benzene rings is 1. The second-order valence-corrected chi connectivity index (χ2v) is 5.35. The summed E-state index contributed by atoms with van der Waals surface area (Å²) in [5, 5.41) is 3.56. The highest BCUT2D eigenvalue weighted by Gasteiger charge is 2.15. The third-order valence-electron chi connectivity index (χ3n) is 3.97. The van der Waals surface area contributed by atoms with E-state index in [-0.39, 0.29) is 0 Å². The Morgan fingerprint density at radius 1 is 1.10 bits per heavy atom. The van der Waals surface area contributed by atoms with Gasteiger partial charge >= 0.3 is 0 Å². The first-order chi connectivity index (χ1) is 9.84. The molecule has 3 rings (SSSR count). The van der Waals surface area contributed by atoms with Crippen molar-refractivity contribution in [3.8, 4) is 0 Å². The van der Waals surface area contributed by atoms with Gasteiger partial charge < -0.3 is 10.2 Å². The van der Waals surface area contributed by atoms with Crippen LogP contribution in [0.1, 0.15) is 30.9 Å². The van der Waals surface area contributed by atoms with Crippen molar-refractivity contribution in [2.75, 3.05) is 18.5 Å². The van der Waals surface area contributed by atoms with Crippen LogP contribution in [0, 0.1) is 0 Å². The monoisotopic (exact) mass is 267 g/mol. The van der Waals surface area contributed by atoms with Gasteiger partial charge in [-0.05, 0) is 43.1 Å². The summed E-state index contributed by atoms with van der Waals surface area (Å²) in [6.45, 7) is 1.12. The maximum atomic E-state index is 4.62. The number of rotatable bonds is 3. The molecule has 0 bridgehead atoms. The molecule has 0 unspecified atom stereocenters. The van der Waals surface area contributed by atoms with E-state index in [9.17, 15) is 0 Å². The van der Waals surface area contributed by atoms with E-state index in [0.717, 1.165) is 18.1 Å². The van der Waals surface area contributed by atoms with Crippen molar-refractivity contribution >= 4 is 11.5 Å². The summed E-state index contributed by atoms with van der Waals surface area (Å²) in [6.07, 6.45) is 5.83. The molecule has 1 aromatic heterocycles. The molecule has 1 fully saturated rings. The number of hydrogen-bond acceptors (Lipinski definition) is 3. The Kier molecular flexibility index (Phi) is 3.97. The fraction of sp³-hybridized carbons (Fsp3) is 0.353. The van der Waals surface area contributed by atoms with Gasteiger partial charge in [-0.15, -0.1) is 0 Å². The number of piperidine rings is 1. The quantitative estimate of drug-likeness (QED) is 0.919. The van der Waals surface area contributed by atoms with E-state index < -0.39 is 0 Å². The maximum absolute atomic E-state index is 4.62. The number of hydrogen-bond donors (Lipinski definition) is 1. The SMILES string of the molecule is CN(c1ccccc1)c1ccc([C@H]2CCCCN2)cn1. The molecular weight excluding hydrogens is 246 g/mol. The molecule has 1 aliphatic heterocycles. The topological polar surface area (TPSA) is 28.2 Å². The van der Waals surface area contributed by atoms with Crippen molar-refractivity contribution in [3.63, 3.8) is 0 Å². The largest absolute Gasteiger partial charge is 0.329 e. The number of nitrogens with zero attached hydrogens (tertiary/aromatic N) is 2. The molecule has 1 N–H and O–H groups in total. The predicted molar refractivity (Wildman–Crippen MR) is 83.3 cm³/mol. The lowest BCUT2D eigenvalue weighted by molar-refractivity contribution is 0.411. The summed E-state index contributed by atoms with van der Waals surface area (Å²) in [4.78, 5) is 6.73. The minimum Gasteiger partial charge on any atom is -0.329 e. The molecule has 1 saturated heterocycles. The Morgan fingerprint density at radius 2 is 1.95 bits per heavy atom. The second kappa shape index (κ2) is 6.06. The summed E-state index contributed by atoms with van der Waals surface area (Å²) >= 11 is 0. The maximum Gasteiger partial charge on any atom is 0.132 e. The van der Waals surface area contributed by atoms with E-state index in [1.165, 1.54) is 24.8 Å². The van der Waals surface area contributed by atoms with E-state index in [0.29, 0.717) is 6.04 Å². The molecule has 0 amide bonds. The molecule has 0 spiro atoms. The molecule has 1 aromatic carbocycles. The van der Waals surface area contributed by atoms with Crippen LogP contribution in [0.15, 0.2) is 48.7 Å². The van der Waals surface area contributed by atoms with Gasteiger partial charge in [-0.1, -0.05) is 30.7 Å². The summed E-state index contributed by atoms with van der Waals surface area (Å²) < 4.78 is 0. The van der Waals surface area contributed by atoms with Crippen LogP contribution in [0.4, 0.5) is 11.5 Å². The number of pyridine rings is 1. The van der Waals surface area contributed by atoms with Crippen molar-refractivity contribution in [1.29, 1.82) is 0 Å². The van der Waals surface area contributed by atoms with Crippen molar-refractivity contribution in [2.24, 2.45) is 0 Å². The summed E-state index contributed by atoms with van der Waals surface area (Å²) in [7, 11) is 2.05. The van der Waals surface area contributed by atoms with Crippen LogP contribution < -0.4 is 10.2 Å². The fourth-order valence-corrected chi connectivity index (χ4v) is 2.72. The minimum absolute atomic E-state index is 0.479. The zero-order chi connectivity index (χ0) is 13.8. The van der Waals surface area contributed by atoms with E-state index in [2.05, 4.69) is 46.5 Å². The Balaban J connectivity index is 1.75. The van der Waals surface area contributed by atoms with E-state index in [1.807, 2.05) is 24.4 Å². The molecule has 20 heavy (non-hydrogen) atoms. The van der Waals surface area contributed by atoms with Crippen molar-refractivity contribution in [2.45, 2.75) is 25.3 Å². The van der Waals surface area contributed by atoms with Crippen molar-refractivity contribution in [3.05, 3.63) is 54.2 Å². The number of aromatic nitrogens is 1. The summed E-state index contributed by atoms with van der Waals surface area (Å²) in [5.74, 6) is 0.982. The van der Waals surface area contributed by atoms with Crippen molar-refractivity contribution in [1.82, 2.24) is 10.3 Å². The molecule has 0 radical (unpaired) electrons.